The van der Waals surface area contributed by atoms with Gasteiger partial charge in [-0.25, -0.2) is 4.98 Å². The summed E-state index contributed by atoms with van der Waals surface area (Å²) in [4.78, 5) is 19.3. The topological polar surface area (TPSA) is 64.2 Å². The van der Waals surface area contributed by atoms with Crippen molar-refractivity contribution in [3.05, 3.63) is 18.2 Å². The third kappa shape index (κ3) is 2.60. The van der Waals surface area contributed by atoms with E-state index < -0.39 is 0 Å². The van der Waals surface area contributed by atoms with Gasteiger partial charge in [0, 0.05) is 12.5 Å². The van der Waals surface area contributed by atoms with Crippen LogP contribution in [0.1, 0.15) is 20.3 Å². The minimum Gasteiger partial charge on any atom is -0.494 e. The molecule has 0 radical (unpaired) electrons. The standard InChI is InChI=1S/C14H16N2O3S/c1-3-18-9-4-5-10-11(7-9)16-14(15-10)20-12-6-8(2)19-13(12)17/h4-5,7-8,12H,3,6H2,1-2H3,(H,15,16)/t8-,12+/m0/s1. The highest BCUT2D eigenvalue weighted by atomic mass is 32.2. The third-order valence-electron chi connectivity index (χ3n) is 3.12. The van der Waals surface area contributed by atoms with Crippen LogP contribution in [-0.2, 0) is 9.53 Å². The zero-order valence-electron chi connectivity index (χ0n) is 11.4. The van der Waals surface area contributed by atoms with E-state index in [-0.39, 0.29) is 17.3 Å². The Balaban J connectivity index is 1.80. The zero-order chi connectivity index (χ0) is 14.1. The van der Waals surface area contributed by atoms with Crippen molar-refractivity contribution in [3.63, 3.8) is 0 Å². The molecule has 106 valence electrons. The second-order valence-electron chi connectivity index (χ2n) is 4.74. The Bertz CT molecular complexity index is 640. The average molecular weight is 292 g/mol. The van der Waals surface area contributed by atoms with Crippen molar-refractivity contribution in [1.82, 2.24) is 9.97 Å². The molecule has 0 bridgehead atoms. The van der Waals surface area contributed by atoms with E-state index in [2.05, 4.69) is 9.97 Å². The van der Waals surface area contributed by atoms with Crippen LogP contribution in [0.15, 0.2) is 23.4 Å². The van der Waals surface area contributed by atoms with Gasteiger partial charge < -0.3 is 14.5 Å². The van der Waals surface area contributed by atoms with Crippen molar-refractivity contribution < 1.29 is 14.3 Å². The molecule has 1 aliphatic heterocycles. The van der Waals surface area contributed by atoms with Crippen LogP contribution in [0.3, 0.4) is 0 Å². The van der Waals surface area contributed by atoms with Gasteiger partial charge in [-0.15, -0.1) is 0 Å². The van der Waals surface area contributed by atoms with Gasteiger partial charge in [0.1, 0.15) is 17.1 Å². The SMILES string of the molecule is CCOc1ccc2nc(S[C@@H]3C[C@H](C)OC3=O)[nH]c2c1. The van der Waals surface area contributed by atoms with Gasteiger partial charge in [0.25, 0.3) is 0 Å². The zero-order valence-corrected chi connectivity index (χ0v) is 12.2. The molecule has 2 atom stereocenters. The lowest BCUT2D eigenvalue weighted by atomic mass is 10.3. The first-order valence-corrected chi connectivity index (χ1v) is 7.53. The minimum absolute atomic E-state index is 0.00562. The van der Waals surface area contributed by atoms with Crippen LogP contribution >= 0.6 is 11.8 Å². The van der Waals surface area contributed by atoms with E-state index in [0.29, 0.717) is 6.61 Å². The maximum Gasteiger partial charge on any atom is 0.319 e. The Kier molecular flexibility index (Phi) is 3.56. The molecule has 5 nitrogen and oxygen atoms in total. The van der Waals surface area contributed by atoms with Gasteiger partial charge in [0.05, 0.1) is 17.6 Å². The summed E-state index contributed by atoms with van der Waals surface area (Å²) >= 11 is 1.43. The minimum atomic E-state index is -0.170. The lowest BCUT2D eigenvalue weighted by molar-refractivity contribution is -0.140. The Labute approximate surface area is 121 Å². The van der Waals surface area contributed by atoms with E-state index in [9.17, 15) is 4.79 Å². The van der Waals surface area contributed by atoms with Crippen LogP contribution in [0.25, 0.3) is 11.0 Å². The predicted octanol–water partition coefficient (Wildman–Crippen LogP) is 2.76. The lowest BCUT2D eigenvalue weighted by Gasteiger charge is -2.01. The Morgan fingerprint density at radius 1 is 1.55 bits per heavy atom. The highest BCUT2D eigenvalue weighted by Crippen LogP contribution is 2.32. The number of esters is 1. The number of fused-ring (bicyclic) bond motifs is 1. The normalized spacial score (nSPS) is 22.2. The van der Waals surface area contributed by atoms with E-state index in [1.54, 1.807) is 0 Å². The summed E-state index contributed by atoms with van der Waals surface area (Å²) in [7, 11) is 0. The number of hydrogen-bond donors (Lipinski definition) is 1. The summed E-state index contributed by atoms with van der Waals surface area (Å²) in [6.45, 7) is 4.49. The van der Waals surface area contributed by atoms with E-state index >= 15 is 0 Å². The molecule has 0 unspecified atom stereocenters. The molecular weight excluding hydrogens is 276 g/mol. The monoisotopic (exact) mass is 292 g/mol. The second-order valence-corrected chi connectivity index (χ2v) is 5.94. The number of nitrogens with zero attached hydrogens (tertiary/aromatic N) is 1. The molecule has 0 saturated carbocycles. The molecule has 6 heteroatoms. The number of aromatic amines is 1. The van der Waals surface area contributed by atoms with E-state index in [1.165, 1.54) is 11.8 Å². The van der Waals surface area contributed by atoms with Gasteiger partial charge in [-0.3, -0.25) is 4.79 Å². The van der Waals surface area contributed by atoms with E-state index in [1.807, 2.05) is 32.0 Å². The fourth-order valence-corrected chi connectivity index (χ4v) is 3.34. The summed E-state index contributed by atoms with van der Waals surface area (Å²) < 4.78 is 10.6. The molecule has 1 aliphatic rings. The second kappa shape index (κ2) is 5.36. The Morgan fingerprint density at radius 2 is 2.40 bits per heavy atom. The fourth-order valence-electron chi connectivity index (χ4n) is 2.23. The molecule has 0 aliphatic carbocycles. The van der Waals surface area contributed by atoms with Crippen molar-refractivity contribution in [2.45, 2.75) is 36.8 Å². The number of nitrogens with one attached hydrogen (secondary N) is 1. The Morgan fingerprint density at radius 3 is 3.10 bits per heavy atom. The summed E-state index contributed by atoms with van der Waals surface area (Å²) in [5, 5.41) is 0.571. The number of H-pyrrole nitrogens is 1. The average Bonchev–Trinajstić information content (AvgIpc) is 2.93. The molecule has 0 amide bonds. The number of rotatable bonds is 4. The number of hydrogen-bond acceptors (Lipinski definition) is 5. The first-order valence-electron chi connectivity index (χ1n) is 6.65. The number of aromatic nitrogens is 2. The smallest absolute Gasteiger partial charge is 0.319 e. The summed E-state index contributed by atoms with van der Waals surface area (Å²) in [6.07, 6.45) is 0.721. The predicted molar refractivity (Wildman–Crippen MR) is 77.1 cm³/mol. The number of thioether (sulfide) groups is 1. The third-order valence-corrected chi connectivity index (χ3v) is 4.21. The van der Waals surface area contributed by atoms with Gasteiger partial charge in [-0.2, -0.15) is 0 Å². The van der Waals surface area contributed by atoms with E-state index in [4.69, 9.17) is 9.47 Å². The van der Waals surface area contributed by atoms with Gasteiger partial charge in [-0.05, 0) is 26.0 Å². The number of imidazole rings is 1. The van der Waals surface area contributed by atoms with Crippen molar-refractivity contribution in [3.8, 4) is 5.75 Å². The van der Waals surface area contributed by atoms with Gasteiger partial charge in [-0.1, -0.05) is 11.8 Å². The molecule has 1 aromatic carbocycles. The fraction of sp³-hybridized carbons (Fsp3) is 0.429. The first kappa shape index (κ1) is 13.3. The molecule has 1 fully saturated rings. The maximum atomic E-state index is 11.6. The van der Waals surface area contributed by atoms with Crippen LogP contribution in [-0.4, -0.2) is 33.9 Å². The van der Waals surface area contributed by atoms with Crippen LogP contribution in [0.4, 0.5) is 0 Å². The highest BCUT2D eigenvalue weighted by molar-refractivity contribution is 8.00. The summed E-state index contributed by atoms with van der Waals surface area (Å²) in [5.41, 5.74) is 1.79. The van der Waals surface area contributed by atoms with Crippen molar-refractivity contribution >= 4 is 28.8 Å². The largest absolute Gasteiger partial charge is 0.494 e. The quantitative estimate of drug-likeness (QED) is 0.878. The maximum absolute atomic E-state index is 11.6. The number of ether oxygens (including phenoxy) is 2. The molecule has 2 aromatic rings. The lowest BCUT2D eigenvalue weighted by Crippen LogP contribution is -2.09. The highest BCUT2D eigenvalue weighted by Gasteiger charge is 2.33. The van der Waals surface area contributed by atoms with Crippen molar-refractivity contribution in [2.24, 2.45) is 0 Å². The Hall–Kier alpha value is -1.69. The van der Waals surface area contributed by atoms with Crippen LogP contribution in [0.2, 0.25) is 0 Å². The van der Waals surface area contributed by atoms with Gasteiger partial charge >= 0.3 is 5.97 Å². The van der Waals surface area contributed by atoms with Crippen molar-refractivity contribution in [1.29, 1.82) is 0 Å². The number of benzene rings is 1. The number of cyclic esters (lactones) is 1. The molecule has 1 saturated heterocycles. The molecule has 3 rings (SSSR count). The van der Waals surface area contributed by atoms with Crippen LogP contribution in [0, 0.1) is 0 Å². The summed E-state index contributed by atoms with van der Waals surface area (Å²) in [5.74, 6) is 0.659. The summed E-state index contributed by atoms with van der Waals surface area (Å²) in [6, 6.07) is 5.73. The number of carbonyl (C=O) groups excluding carboxylic acids is 1. The molecule has 0 spiro atoms. The van der Waals surface area contributed by atoms with Crippen molar-refractivity contribution in [2.75, 3.05) is 6.61 Å². The van der Waals surface area contributed by atoms with Gasteiger partial charge in [0.2, 0.25) is 0 Å². The van der Waals surface area contributed by atoms with Gasteiger partial charge in [0.15, 0.2) is 5.16 Å². The number of carbonyl (C=O) groups is 1. The first-order chi connectivity index (χ1) is 9.65. The van der Waals surface area contributed by atoms with E-state index in [0.717, 1.165) is 28.4 Å². The molecule has 20 heavy (non-hydrogen) atoms. The van der Waals surface area contributed by atoms with Crippen LogP contribution < -0.4 is 4.74 Å². The van der Waals surface area contributed by atoms with Crippen LogP contribution in [0.5, 0.6) is 5.75 Å². The molecule has 2 heterocycles. The molecule has 1 N–H and O–H groups in total. The molecule has 1 aromatic heterocycles. The molecular formula is C14H16N2O3S.